The van der Waals surface area contributed by atoms with E-state index < -0.39 is 0 Å². The number of anilines is 1. The number of rotatable bonds is 6. The molecule has 26 heavy (non-hydrogen) atoms. The van der Waals surface area contributed by atoms with Crippen LogP contribution in [-0.4, -0.2) is 54.3 Å². The Kier molecular flexibility index (Phi) is 6.47. The molecule has 0 bridgehead atoms. The van der Waals surface area contributed by atoms with Crippen molar-refractivity contribution in [1.29, 1.82) is 0 Å². The van der Waals surface area contributed by atoms with Gasteiger partial charge in [-0.2, -0.15) is 0 Å². The van der Waals surface area contributed by atoms with Gasteiger partial charge in [-0.3, -0.25) is 14.4 Å². The average molecular weight is 381 g/mol. The van der Waals surface area contributed by atoms with E-state index >= 15 is 0 Å². The van der Waals surface area contributed by atoms with Crippen LogP contribution in [0.3, 0.4) is 0 Å². The Morgan fingerprint density at radius 2 is 2.08 bits per heavy atom. The summed E-state index contributed by atoms with van der Waals surface area (Å²) in [5.41, 5.74) is 0.707. The molecule has 0 aromatic heterocycles. The molecule has 1 saturated heterocycles. The van der Waals surface area contributed by atoms with Gasteiger partial charge in [0.05, 0.1) is 23.7 Å². The van der Waals surface area contributed by atoms with Crippen LogP contribution in [0.25, 0.3) is 0 Å². The molecule has 0 aliphatic carbocycles. The molecule has 1 aromatic rings. The Balaban J connectivity index is 1.95. The first-order valence-electron chi connectivity index (χ1n) is 8.62. The summed E-state index contributed by atoms with van der Waals surface area (Å²) in [6, 6.07) is 4.95. The second-order valence-corrected chi connectivity index (χ2v) is 7.31. The van der Waals surface area contributed by atoms with Crippen LogP contribution >= 0.6 is 11.6 Å². The molecule has 0 unspecified atom stereocenters. The highest BCUT2D eigenvalue weighted by molar-refractivity contribution is 6.34. The van der Waals surface area contributed by atoms with Crippen molar-refractivity contribution >= 4 is 35.0 Å². The van der Waals surface area contributed by atoms with Gasteiger partial charge in [0.1, 0.15) is 0 Å². The van der Waals surface area contributed by atoms with Crippen LogP contribution in [0.2, 0.25) is 5.02 Å². The molecule has 0 saturated carbocycles. The van der Waals surface area contributed by atoms with Crippen LogP contribution in [0.1, 0.15) is 37.6 Å². The number of carbonyl (C=O) groups is 3. The molecule has 3 amide bonds. The molecule has 3 N–H and O–H groups in total. The number of benzene rings is 1. The number of carbonyl (C=O) groups excluding carboxylic acids is 3. The van der Waals surface area contributed by atoms with E-state index in [1.54, 1.807) is 18.2 Å². The largest absolute Gasteiger partial charge is 0.376 e. The van der Waals surface area contributed by atoms with Gasteiger partial charge < -0.3 is 20.9 Å². The summed E-state index contributed by atoms with van der Waals surface area (Å²) in [7, 11) is 0. The van der Waals surface area contributed by atoms with Crippen LogP contribution in [-0.2, 0) is 9.59 Å². The van der Waals surface area contributed by atoms with E-state index in [0.29, 0.717) is 29.4 Å². The highest BCUT2D eigenvalue weighted by Gasteiger charge is 2.22. The first-order chi connectivity index (χ1) is 12.2. The summed E-state index contributed by atoms with van der Waals surface area (Å²) < 4.78 is 0. The Hall–Kier alpha value is -2.28. The van der Waals surface area contributed by atoms with Crippen LogP contribution in [0.4, 0.5) is 5.69 Å². The molecule has 142 valence electrons. The number of nitrogens with one attached hydrogen (secondary N) is 3. The lowest BCUT2D eigenvalue weighted by Crippen LogP contribution is -2.51. The van der Waals surface area contributed by atoms with E-state index in [1.165, 1.54) is 4.90 Å². The highest BCUT2D eigenvalue weighted by atomic mass is 35.5. The van der Waals surface area contributed by atoms with E-state index in [-0.39, 0.29) is 36.3 Å². The van der Waals surface area contributed by atoms with E-state index in [1.807, 2.05) is 20.8 Å². The fourth-order valence-electron chi connectivity index (χ4n) is 2.41. The Labute approximate surface area is 158 Å². The topological polar surface area (TPSA) is 90.5 Å². The zero-order chi connectivity index (χ0) is 19.3. The quantitative estimate of drug-likeness (QED) is 0.699. The minimum Gasteiger partial charge on any atom is -0.376 e. The normalized spacial score (nSPS) is 14.6. The van der Waals surface area contributed by atoms with Crippen molar-refractivity contribution in [2.24, 2.45) is 0 Å². The lowest BCUT2D eigenvalue weighted by molar-refractivity contribution is -0.136. The fraction of sp³-hybridized carbons (Fsp3) is 0.500. The minimum atomic E-state index is -0.315. The van der Waals surface area contributed by atoms with Crippen molar-refractivity contribution in [3.8, 4) is 0 Å². The van der Waals surface area contributed by atoms with Gasteiger partial charge in [-0.1, -0.05) is 18.5 Å². The summed E-state index contributed by atoms with van der Waals surface area (Å²) in [5.74, 6) is -0.552. The first-order valence-corrected chi connectivity index (χ1v) is 9.00. The molecule has 7 nitrogen and oxygen atoms in total. The fourth-order valence-corrected chi connectivity index (χ4v) is 2.68. The molecule has 2 rings (SSSR count). The molecule has 0 spiro atoms. The zero-order valence-electron chi connectivity index (χ0n) is 15.3. The van der Waals surface area contributed by atoms with Crippen molar-refractivity contribution in [3.05, 3.63) is 28.8 Å². The molecular weight excluding hydrogens is 356 g/mol. The highest BCUT2D eigenvalue weighted by Crippen LogP contribution is 2.22. The minimum absolute atomic E-state index is 0.0536. The number of hydrogen-bond acceptors (Lipinski definition) is 4. The number of hydrogen-bond donors (Lipinski definition) is 3. The average Bonchev–Trinajstić information content (AvgIpc) is 2.59. The maximum absolute atomic E-state index is 12.3. The Bertz CT molecular complexity index is 706. The number of nitrogens with zero attached hydrogens (tertiary/aromatic N) is 1. The lowest BCUT2D eigenvalue weighted by atomic mass is 10.0. The predicted octanol–water partition coefficient (Wildman–Crippen LogP) is 1.63. The molecule has 1 fully saturated rings. The van der Waals surface area contributed by atoms with Crippen molar-refractivity contribution in [2.45, 2.75) is 32.7 Å². The second kappa shape index (κ2) is 8.40. The van der Waals surface area contributed by atoms with Crippen molar-refractivity contribution < 1.29 is 14.4 Å². The molecule has 1 aromatic carbocycles. The third-order valence-corrected chi connectivity index (χ3v) is 4.70. The summed E-state index contributed by atoms with van der Waals surface area (Å²) in [4.78, 5) is 37.3. The third-order valence-electron chi connectivity index (χ3n) is 4.38. The van der Waals surface area contributed by atoms with Gasteiger partial charge in [-0.25, -0.2) is 0 Å². The van der Waals surface area contributed by atoms with E-state index in [9.17, 15) is 14.4 Å². The monoisotopic (exact) mass is 380 g/mol. The van der Waals surface area contributed by atoms with Crippen molar-refractivity contribution in [3.63, 3.8) is 0 Å². The maximum Gasteiger partial charge on any atom is 0.253 e. The molecule has 1 aliphatic heterocycles. The van der Waals surface area contributed by atoms with Crippen LogP contribution in [0.15, 0.2) is 18.2 Å². The summed E-state index contributed by atoms with van der Waals surface area (Å²) in [5, 5.41) is 8.91. The van der Waals surface area contributed by atoms with Gasteiger partial charge in [0.15, 0.2) is 0 Å². The first kappa shape index (κ1) is 20.0. The van der Waals surface area contributed by atoms with Crippen LogP contribution < -0.4 is 16.0 Å². The Morgan fingerprint density at radius 1 is 1.35 bits per heavy atom. The van der Waals surface area contributed by atoms with Crippen LogP contribution in [0.5, 0.6) is 0 Å². The van der Waals surface area contributed by atoms with Gasteiger partial charge >= 0.3 is 0 Å². The SMILES string of the molecule is CCC(C)(C)NC(=O)c1ccc(NCC(=O)N2CCNC(=O)C2)cc1Cl. The molecular formula is C18H25ClN4O3. The number of amides is 3. The lowest BCUT2D eigenvalue weighted by Gasteiger charge is -2.27. The number of halogens is 1. The van der Waals surface area contributed by atoms with Gasteiger partial charge in [0, 0.05) is 24.3 Å². The van der Waals surface area contributed by atoms with Gasteiger partial charge in [0.2, 0.25) is 11.8 Å². The van der Waals surface area contributed by atoms with Gasteiger partial charge in [0.25, 0.3) is 5.91 Å². The van der Waals surface area contributed by atoms with Crippen LogP contribution in [0, 0.1) is 0 Å². The molecule has 0 radical (unpaired) electrons. The standard InChI is InChI=1S/C18H25ClN4O3/c1-4-18(2,3)22-17(26)13-6-5-12(9-14(13)19)21-10-16(25)23-8-7-20-15(24)11-23/h5-6,9,21H,4,7-8,10-11H2,1-3H3,(H,20,24)(H,22,26). The third kappa shape index (κ3) is 5.36. The zero-order valence-corrected chi connectivity index (χ0v) is 16.1. The van der Waals surface area contributed by atoms with E-state index in [0.717, 1.165) is 6.42 Å². The Morgan fingerprint density at radius 3 is 2.69 bits per heavy atom. The molecule has 8 heteroatoms. The summed E-state index contributed by atoms with van der Waals surface area (Å²) >= 11 is 6.23. The molecule has 1 heterocycles. The summed E-state index contributed by atoms with van der Waals surface area (Å²) in [6.45, 7) is 6.99. The van der Waals surface area contributed by atoms with Gasteiger partial charge in [-0.15, -0.1) is 0 Å². The van der Waals surface area contributed by atoms with Gasteiger partial charge in [-0.05, 0) is 38.5 Å². The second-order valence-electron chi connectivity index (χ2n) is 6.90. The van der Waals surface area contributed by atoms with E-state index in [4.69, 9.17) is 11.6 Å². The molecule has 1 aliphatic rings. The maximum atomic E-state index is 12.3. The summed E-state index contributed by atoms with van der Waals surface area (Å²) in [6.07, 6.45) is 0.798. The number of piperazine rings is 1. The smallest absolute Gasteiger partial charge is 0.253 e. The molecule has 0 atom stereocenters. The van der Waals surface area contributed by atoms with E-state index in [2.05, 4.69) is 16.0 Å². The van der Waals surface area contributed by atoms with Crippen molar-refractivity contribution in [2.75, 3.05) is 31.5 Å². The van der Waals surface area contributed by atoms with Crippen molar-refractivity contribution in [1.82, 2.24) is 15.5 Å². The predicted molar refractivity (Wildman–Crippen MR) is 101 cm³/mol.